The molecule has 2 N–H and O–H groups in total. The van der Waals surface area contributed by atoms with Crippen LogP contribution in [0.15, 0.2) is 0 Å². The maximum atomic E-state index is 12.2. The molecule has 0 aromatic rings. The van der Waals surface area contributed by atoms with Crippen LogP contribution < -0.4 is 5.32 Å². The topological polar surface area (TPSA) is 55.8 Å². The number of aliphatic hydroxyl groups is 1. The van der Waals surface area contributed by atoms with E-state index in [4.69, 9.17) is 0 Å². The molecule has 5 nitrogen and oxygen atoms in total. The number of hydrogen-bond donors (Lipinski definition) is 2. The Hall–Kier alpha value is -0.810. The predicted octanol–water partition coefficient (Wildman–Crippen LogP) is 2.30. The minimum Gasteiger partial charge on any atom is -0.393 e. The summed E-state index contributed by atoms with van der Waals surface area (Å²) in [4.78, 5) is 16.4. The van der Waals surface area contributed by atoms with E-state index in [9.17, 15) is 9.90 Å². The number of amides is 2. The van der Waals surface area contributed by atoms with Gasteiger partial charge < -0.3 is 20.2 Å². The van der Waals surface area contributed by atoms with Gasteiger partial charge in [-0.05, 0) is 57.7 Å². The Morgan fingerprint density at radius 3 is 2.57 bits per heavy atom. The summed E-state index contributed by atoms with van der Waals surface area (Å²) in [7, 11) is 1.84. The first-order chi connectivity index (χ1) is 11.1. The van der Waals surface area contributed by atoms with E-state index in [1.54, 1.807) is 4.90 Å². The number of nitrogens with one attached hydrogen (secondary N) is 1. The Kier molecular flexibility index (Phi) is 7.63. The molecule has 2 amide bonds. The third-order valence-corrected chi connectivity index (χ3v) is 5.71. The van der Waals surface area contributed by atoms with Crippen molar-refractivity contribution in [2.75, 3.05) is 39.8 Å². The van der Waals surface area contributed by atoms with E-state index in [1.165, 1.54) is 32.4 Å². The number of rotatable bonds is 6. The van der Waals surface area contributed by atoms with Crippen LogP contribution in [0.25, 0.3) is 0 Å². The molecule has 134 valence electrons. The zero-order valence-electron chi connectivity index (χ0n) is 15.0. The molecule has 2 atom stereocenters. The number of nitrogens with zero attached hydrogens (tertiary/aromatic N) is 2. The Bertz CT molecular complexity index is 356. The van der Waals surface area contributed by atoms with Gasteiger partial charge in [-0.1, -0.05) is 19.8 Å². The molecule has 0 aromatic carbocycles. The van der Waals surface area contributed by atoms with E-state index in [0.717, 1.165) is 44.7 Å². The largest absolute Gasteiger partial charge is 0.393 e. The van der Waals surface area contributed by atoms with Crippen molar-refractivity contribution >= 4 is 6.03 Å². The molecule has 0 radical (unpaired) electrons. The molecule has 1 saturated heterocycles. The highest BCUT2D eigenvalue weighted by molar-refractivity contribution is 5.73. The molecule has 2 unspecified atom stereocenters. The maximum absolute atomic E-state index is 12.2. The molecule has 2 fully saturated rings. The lowest BCUT2D eigenvalue weighted by molar-refractivity contribution is 0.0564. The molecule has 1 saturated carbocycles. The summed E-state index contributed by atoms with van der Waals surface area (Å²) in [5, 5.41) is 13.1. The zero-order valence-corrected chi connectivity index (χ0v) is 15.0. The summed E-state index contributed by atoms with van der Waals surface area (Å²) in [5.41, 5.74) is 0. The van der Waals surface area contributed by atoms with Crippen molar-refractivity contribution in [3.63, 3.8) is 0 Å². The highest BCUT2D eigenvalue weighted by atomic mass is 16.3. The van der Waals surface area contributed by atoms with Crippen molar-refractivity contribution in [2.24, 2.45) is 11.8 Å². The van der Waals surface area contributed by atoms with E-state index in [0.29, 0.717) is 6.54 Å². The molecule has 0 bridgehead atoms. The number of carbonyl (C=O) groups excluding carboxylic acids is 1. The van der Waals surface area contributed by atoms with Crippen LogP contribution >= 0.6 is 0 Å². The van der Waals surface area contributed by atoms with Crippen molar-refractivity contribution < 1.29 is 9.90 Å². The second-order valence-corrected chi connectivity index (χ2v) is 7.39. The standard InChI is InChI=1S/C18H35N3O2/c1-3-21-12-9-15(10-13-21)8-11-19-18(23)20(2)14-16-6-4-5-7-17(16)22/h15-17,22H,3-14H2,1-2H3,(H,19,23). The van der Waals surface area contributed by atoms with Crippen LogP contribution in [0.5, 0.6) is 0 Å². The smallest absolute Gasteiger partial charge is 0.317 e. The van der Waals surface area contributed by atoms with Crippen molar-refractivity contribution in [2.45, 2.75) is 58.0 Å². The molecule has 1 heterocycles. The maximum Gasteiger partial charge on any atom is 0.317 e. The molecular formula is C18H35N3O2. The Balaban J connectivity index is 1.60. The van der Waals surface area contributed by atoms with Gasteiger partial charge in [0.05, 0.1) is 6.10 Å². The van der Waals surface area contributed by atoms with E-state index < -0.39 is 0 Å². The lowest BCUT2D eigenvalue weighted by Gasteiger charge is -2.32. The van der Waals surface area contributed by atoms with Gasteiger partial charge in [0.25, 0.3) is 0 Å². The number of aliphatic hydroxyl groups excluding tert-OH is 1. The van der Waals surface area contributed by atoms with Crippen molar-refractivity contribution in [3.05, 3.63) is 0 Å². The molecule has 2 aliphatic rings. The zero-order chi connectivity index (χ0) is 16.7. The highest BCUT2D eigenvalue weighted by Gasteiger charge is 2.25. The lowest BCUT2D eigenvalue weighted by atomic mass is 9.86. The van der Waals surface area contributed by atoms with Crippen LogP contribution in [0.2, 0.25) is 0 Å². The van der Waals surface area contributed by atoms with Crippen LogP contribution in [0.3, 0.4) is 0 Å². The molecule has 0 spiro atoms. The minimum absolute atomic E-state index is 0.00812. The lowest BCUT2D eigenvalue weighted by Crippen LogP contribution is -2.43. The molecular weight excluding hydrogens is 290 g/mol. The Morgan fingerprint density at radius 1 is 1.22 bits per heavy atom. The summed E-state index contributed by atoms with van der Waals surface area (Å²) in [6.07, 6.45) is 7.58. The third kappa shape index (κ3) is 5.96. The molecule has 2 rings (SSSR count). The van der Waals surface area contributed by atoms with E-state index in [2.05, 4.69) is 17.1 Å². The van der Waals surface area contributed by atoms with Crippen molar-refractivity contribution in [1.29, 1.82) is 0 Å². The quantitative estimate of drug-likeness (QED) is 0.788. The fourth-order valence-electron chi connectivity index (χ4n) is 3.95. The summed E-state index contributed by atoms with van der Waals surface area (Å²) >= 11 is 0. The number of piperidine rings is 1. The molecule has 5 heteroatoms. The van der Waals surface area contributed by atoms with Gasteiger partial charge in [-0.15, -0.1) is 0 Å². The van der Waals surface area contributed by atoms with Gasteiger partial charge in [-0.25, -0.2) is 4.79 Å². The Labute approximate surface area is 141 Å². The fourth-order valence-corrected chi connectivity index (χ4v) is 3.95. The monoisotopic (exact) mass is 325 g/mol. The first-order valence-corrected chi connectivity index (χ1v) is 9.49. The summed E-state index contributed by atoms with van der Waals surface area (Å²) in [6, 6.07) is 0.00812. The SMILES string of the molecule is CCN1CCC(CCNC(=O)N(C)CC2CCCCC2O)CC1. The van der Waals surface area contributed by atoms with E-state index in [1.807, 2.05) is 7.05 Å². The van der Waals surface area contributed by atoms with Gasteiger partial charge >= 0.3 is 6.03 Å². The number of likely N-dealkylation sites (tertiary alicyclic amines) is 1. The summed E-state index contributed by atoms with van der Waals surface area (Å²) in [6.45, 7) is 7.22. The number of urea groups is 1. The predicted molar refractivity (Wildman–Crippen MR) is 93.4 cm³/mol. The van der Waals surface area contributed by atoms with Crippen LogP contribution in [0, 0.1) is 11.8 Å². The average molecular weight is 325 g/mol. The summed E-state index contributed by atoms with van der Waals surface area (Å²) < 4.78 is 0. The Morgan fingerprint density at radius 2 is 1.91 bits per heavy atom. The van der Waals surface area contributed by atoms with Gasteiger partial charge in [0.15, 0.2) is 0 Å². The second kappa shape index (κ2) is 9.48. The van der Waals surface area contributed by atoms with Gasteiger partial charge in [-0.2, -0.15) is 0 Å². The molecule has 0 aromatic heterocycles. The molecule has 1 aliphatic heterocycles. The first kappa shape index (κ1) is 18.5. The van der Waals surface area contributed by atoms with Crippen molar-refractivity contribution in [1.82, 2.24) is 15.1 Å². The minimum atomic E-state index is -0.234. The van der Waals surface area contributed by atoms with Crippen molar-refractivity contribution in [3.8, 4) is 0 Å². The third-order valence-electron chi connectivity index (χ3n) is 5.71. The van der Waals surface area contributed by atoms with Gasteiger partial charge in [0.1, 0.15) is 0 Å². The van der Waals surface area contributed by atoms with Crippen LogP contribution in [-0.4, -0.2) is 66.8 Å². The fraction of sp³-hybridized carbons (Fsp3) is 0.944. The molecule has 1 aliphatic carbocycles. The summed E-state index contributed by atoms with van der Waals surface area (Å²) in [5.74, 6) is 1.00. The van der Waals surface area contributed by atoms with E-state index in [-0.39, 0.29) is 18.1 Å². The van der Waals surface area contributed by atoms with Crippen LogP contribution in [0.4, 0.5) is 4.79 Å². The van der Waals surface area contributed by atoms with Crippen LogP contribution in [-0.2, 0) is 0 Å². The van der Waals surface area contributed by atoms with Gasteiger partial charge in [0.2, 0.25) is 0 Å². The van der Waals surface area contributed by atoms with Crippen LogP contribution in [0.1, 0.15) is 51.9 Å². The normalized spacial score (nSPS) is 26.9. The first-order valence-electron chi connectivity index (χ1n) is 9.49. The second-order valence-electron chi connectivity index (χ2n) is 7.39. The van der Waals surface area contributed by atoms with Gasteiger partial charge in [0, 0.05) is 26.1 Å². The number of carbonyl (C=O) groups is 1. The molecule has 23 heavy (non-hydrogen) atoms. The van der Waals surface area contributed by atoms with E-state index >= 15 is 0 Å². The van der Waals surface area contributed by atoms with Gasteiger partial charge in [-0.3, -0.25) is 0 Å². The average Bonchev–Trinajstić information content (AvgIpc) is 2.57. The number of hydrogen-bond acceptors (Lipinski definition) is 3. The highest BCUT2D eigenvalue weighted by Crippen LogP contribution is 2.25.